The normalized spacial score (nSPS) is 28.6. The number of nitrogens with one attached hydrogen (secondary N) is 1. The molecule has 0 spiro atoms. The SMILES string of the molecule is COCC(C)C(OC)[C@@H]1OC(C)=CC(N)C1NC=C=O. The molecule has 0 saturated carbocycles. The molecule has 0 aromatic rings. The van der Waals surface area contributed by atoms with Crippen molar-refractivity contribution in [2.24, 2.45) is 11.7 Å². The van der Waals surface area contributed by atoms with E-state index in [1.54, 1.807) is 20.2 Å². The molecule has 3 N–H and O–H groups in total. The Morgan fingerprint density at radius 2 is 2.30 bits per heavy atom. The summed E-state index contributed by atoms with van der Waals surface area (Å²) in [6.07, 6.45) is 2.51. The number of carbonyl (C=O) groups excluding carboxylic acids is 1. The van der Waals surface area contributed by atoms with Gasteiger partial charge in [0.1, 0.15) is 18.1 Å². The van der Waals surface area contributed by atoms with Crippen molar-refractivity contribution in [2.75, 3.05) is 20.8 Å². The number of nitrogens with two attached hydrogens (primary N) is 1. The molecule has 0 aliphatic carbocycles. The first-order valence-electron chi connectivity index (χ1n) is 6.63. The highest BCUT2D eigenvalue weighted by atomic mass is 16.5. The second-order valence-electron chi connectivity index (χ2n) is 5.02. The fraction of sp³-hybridized carbons (Fsp3) is 0.714. The molecule has 1 heterocycles. The molecule has 6 nitrogen and oxygen atoms in total. The molecule has 0 saturated heterocycles. The number of methoxy groups -OCH3 is 2. The van der Waals surface area contributed by atoms with Gasteiger partial charge in [-0.2, -0.15) is 0 Å². The first-order valence-corrected chi connectivity index (χ1v) is 6.63. The minimum Gasteiger partial charge on any atom is -0.490 e. The first-order chi connectivity index (χ1) is 9.54. The van der Waals surface area contributed by atoms with Crippen molar-refractivity contribution in [1.29, 1.82) is 0 Å². The Balaban J connectivity index is 2.95. The average Bonchev–Trinajstić information content (AvgIpc) is 2.38. The molecule has 0 radical (unpaired) electrons. The molecule has 1 aliphatic rings. The van der Waals surface area contributed by atoms with Gasteiger partial charge >= 0.3 is 0 Å². The van der Waals surface area contributed by atoms with Crippen LogP contribution in [0.4, 0.5) is 0 Å². The Hall–Kier alpha value is -1.33. The Morgan fingerprint density at radius 3 is 2.85 bits per heavy atom. The molecule has 20 heavy (non-hydrogen) atoms. The molecule has 5 atom stereocenters. The summed E-state index contributed by atoms with van der Waals surface area (Å²) >= 11 is 0. The predicted octanol–water partition coefficient (Wildman–Crippen LogP) is 0.217. The predicted molar refractivity (Wildman–Crippen MR) is 75.6 cm³/mol. The van der Waals surface area contributed by atoms with E-state index < -0.39 is 0 Å². The Morgan fingerprint density at radius 1 is 1.60 bits per heavy atom. The second kappa shape index (κ2) is 8.07. The number of rotatable bonds is 7. The topological polar surface area (TPSA) is 82.8 Å². The van der Waals surface area contributed by atoms with Crippen molar-refractivity contribution < 1.29 is 19.0 Å². The van der Waals surface area contributed by atoms with E-state index in [1.165, 1.54) is 6.20 Å². The van der Waals surface area contributed by atoms with Gasteiger partial charge in [-0.1, -0.05) is 6.92 Å². The van der Waals surface area contributed by atoms with Crippen LogP contribution in [0.3, 0.4) is 0 Å². The lowest BCUT2D eigenvalue weighted by Gasteiger charge is -2.40. The van der Waals surface area contributed by atoms with Gasteiger partial charge in [-0.15, -0.1) is 0 Å². The molecule has 6 heteroatoms. The van der Waals surface area contributed by atoms with Crippen molar-refractivity contribution in [3.8, 4) is 0 Å². The summed E-state index contributed by atoms with van der Waals surface area (Å²) in [6.45, 7) is 4.42. The highest BCUT2D eigenvalue weighted by molar-refractivity contribution is 5.44. The van der Waals surface area contributed by atoms with Gasteiger partial charge in [0, 0.05) is 20.1 Å². The van der Waals surface area contributed by atoms with Crippen molar-refractivity contribution in [3.63, 3.8) is 0 Å². The summed E-state index contributed by atoms with van der Waals surface area (Å²) < 4.78 is 16.6. The zero-order chi connectivity index (χ0) is 15.1. The van der Waals surface area contributed by atoms with E-state index in [9.17, 15) is 4.79 Å². The molecule has 114 valence electrons. The van der Waals surface area contributed by atoms with E-state index in [0.717, 1.165) is 5.76 Å². The van der Waals surface area contributed by atoms with Crippen molar-refractivity contribution in [1.82, 2.24) is 5.32 Å². The molecule has 0 aromatic heterocycles. The van der Waals surface area contributed by atoms with Crippen LogP contribution in [-0.4, -0.2) is 51.1 Å². The summed E-state index contributed by atoms with van der Waals surface area (Å²) in [6, 6.07) is -0.532. The minimum absolute atomic E-state index is 0.123. The summed E-state index contributed by atoms with van der Waals surface area (Å²) in [5.74, 6) is 2.57. The van der Waals surface area contributed by atoms with Crippen molar-refractivity contribution in [2.45, 2.75) is 38.1 Å². The highest BCUT2D eigenvalue weighted by Crippen LogP contribution is 2.25. The van der Waals surface area contributed by atoms with Gasteiger partial charge in [-0.25, -0.2) is 4.79 Å². The molecule has 1 aliphatic heterocycles. The maximum Gasteiger partial charge on any atom is 0.146 e. The molecule has 0 bridgehead atoms. The van der Waals surface area contributed by atoms with Gasteiger partial charge in [-0.3, -0.25) is 0 Å². The zero-order valence-electron chi connectivity index (χ0n) is 12.5. The molecule has 0 fully saturated rings. The number of hydrogen-bond donors (Lipinski definition) is 2. The maximum atomic E-state index is 10.4. The third kappa shape index (κ3) is 4.08. The lowest BCUT2D eigenvalue weighted by Crippen LogP contribution is -2.58. The van der Waals surface area contributed by atoms with Gasteiger partial charge in [-0.05, 0) is 13.0 Å². The molecule has 4 unspecified atom stereocenters. The van der Waals surface area contributed by atoms with Gasteiger partial charge in [0.15, 0.2) is 0 Å². The summed E-state index contributed by atoms with van der Waals surface area (Å²) in [5.41, 5.74) is 6.11. The van der Waals surface area contributed by atoms with Gasteiger partial charge < -0.3 is 25.3 Å². The van der Waals surface area contributed by atoms with Crippen LogP contribution in [0.5, 0.6) is 0 Å². The van der Waals surface area contributed by atoms with Crippen molar-refractivity contribution >= 4 is 5.94 Å². The summed E-state index contributed by atoms with van der Waals surface area (Å²) in [5, 5.41) is 2.94. The van der Waals surface area contributed by atoms with Crippen LogP contribution in [0.2, 0.25) is 0 Å². The van der Waals surface area contributed by atoms with Crippen LogP contribution in [0.25, 0.3) is 0 Å². The van der Waals surface area contributed by atoms with E-state index in [-0.39, 0.29) is 30.2 Å². The van der Waals surface area contributed by atoms with E-state index >= 15 is 0 Å². The quantitative estimate of drug-likeness (QED) is 0.651. The van der Waals surface area contributed by atoms with E-state index in [0.29, 0.717) is 6.61 Å². The van der Waals surface area contributed by atoms with Crippen LogP contribution < -0.4 is 11.1 Å². The standard InChI is InChI=1S/C14H24N2O4/c1-9(8-18-3)13(19-4)14-12(16-5-6-17)11(15)7-10(2)20-14/h5,7,9,11-14,16H,8,15H2,1-4H3/t9?,11?,12?,13?,14-/m1/s1. The smallest absolute Gasteiger partial charge is 0.146 e. The summed E-state index contributed by atoms with van der Waals surface area (Å²) in [4.78, 5) is 10.4. The fourth-order valence-corrected chi connectivity index (χ4v) is 2.58. The molecule has 0 aromatic carbocycles. The molecular weight excluding hydrogens is 260 g/mol. The van der Waals surface area contributed by atoms with Crippen LogP contribution in [0.1, 0.15) is 13.8 Å². The monoisotopic (exact) mass is 284 g/mol. The number of ether oxygens (including phenoxy) is 3. The van der Waals surface area contributed by atoms with Crippen LogP contribution in [0.15, 0.2) is 18.0 Å². The van der Waals surface area contributed by atoms with Crippen LogP contribution in [0, 0.1) is 5.92 Å². The number of hydrogen-bond acceptors (Lipinski definition) is 6. The van der Waals surface area contributed by atoms with Gasteiger partial charge in [0.25, 0.3) is 0 Å². The first kappa shape index (κ1) is 16.7. The molecular formula is C14H24N2O4. The summed E-state index contributed by atoms with van der Waals surface area (Å²) in [7, 11) is 3.28. The third-order valence-corrected chi connectivity index (χ3v) is 3.44. The van der Waals surface area contributed by atoms with Crippen LogP contribution >= 0.6 is 0 Å². The van der Waals surface area contributed by atoms with E-state index in [4.69, 9.17) is 19.9 Å². The Bertz CT molecular complexity index is 379. The highest BCUT2D eigenvalue weighted by Gasteiger charge is 2.39. The Kier molecular flexibility index (Phi) is 6.75. The molecule has 1 rings (SSSR count). The van der Waals surface area contributed by atoms with E-state index in [2.05, 4.69) is 5.32 Å². The number of allylic oxidation sites excluding steroid dienone is 1. The maximum absolute atomic E-state index is 10.4. The minimum atomic E-state index is -0.310. The lowest BCUT2D eigenvalue weighted by molar-refractivity contribution is -0.0881. The second-order valence-corrected chi connectivity index (χ2v) is 5.02. The fourth-order valence-electron chi connectivity index (χ4n) is 2.58. The van der Waals surface area contributed by atoms with Crippen molar-refractivity contribution in [3.05, 3.63) is 18.0 Å². The lowest BCUT2D eigenvalue weighted by atomic mass is 9.89. The molecule has 0 amide bonds. The van der Waals surface area contributed by atoms with Gasteiger partial charge in [0.05, 0.1) is 30.6 Å². The third-order valence-electron chi connectivity index (χ3n) is 3.44. The van der Waals surface area contributed by atoms with Crippen LogP contribution in [-0.2, 0) is 19.0 Å². The average molecular weight is 284 g/mol. The largest absolute Gasteiger partial charge is 0.490 e. The zero-order valence-corrected chi connectivity index (χ0v) is 12.5. The Labute approximate surface area is 119 Å². The van der Waals surface area contributed by atoms with E-state index in [1.807, 2.05) is 19.9 Å². The van der Waals surface area contributed by atoms with Gasteiger partial charge in [0.2, 0.25) is 0 Å².